The molecule has 0 bridgehead atoms. The summed E-state index contributed by atoms with van der Waals surface area (Å²) in [5.41, 5.74) is 4.86. The van der Waals surface area contributed by atoms with Crippen molar-refractivity contribution in [2.24, 2.45) is 5.73 Å². The number of carboxylic acid groups (broad SMARTS) is 2. The van der Waals surface area contributed by atoms with E-state index in [1.165, 1.54) is 0 Å². The van der Waals surface area contributed by atoms with Gasteiger partial charge in [-0.1, -0.05) is 0 Å². The minimum atomic E-state index is -4.60. The van der Waals surface area contributed by atoms with Gasteiger partial charge in [-0.2, -0.15) is 0 Å². The van der Waals surface area contributed by atoms with Crippen LogP contribution in [0.15, 0.2) is 0 Å². The highest BCUT2D eigenvalue weighted by molar-refractivity contribution is 7.46. The molecule has 0 amide bonds. The standard InChI is InChI=1S/C5H9NO2.C3H8NO6P/c7-5(8)4-2-1-3-6-4;4-2(3(5)6)1-10-11(7,8)9/h4,6H,1-3H2,(H,7,8);2H,1,4H2,(H,5,6)(H2,7,8,9)/t4-;2-/m00/s1. The molecule has 0 aromatic carbocycles. The summed E-state index contributed by atoms with van der Waals surface area (Å²) in [6.07, 6.45) is 1.78. The molecule has 0 aliphatic carbocycles. The smallest absolute Gasteiger partial charge is 0.469 e. The minimum absolute atomic E-state index is 0.269. The molecule has 1 aliphatic heterocycles. The second-order valence-electron chi connectivity index (χ2n) is 3.72. The molecule has 0 aromatic rings. The van der Waals surface area contributed by atoms with Gasteiger partial charge >= 0.3 is 19.8 Å². The molecule has 1 heterocycles. The Bertz CT molecular complexity index is 351. The van der Waals surface area contributed by atoms with Crippen molar-refractivity contribution >= 4 is 19.8 Å². The number of hydrogen-bond donors (Lipinski definition) is 6. The Morgan fingerprint density at radius 1 is 1.42 bits per heavy atom. The van der Waals surface area contributed by atoms with Crippen LogP contribution in [-0.2, 0) is 18.7 Å². The summed E-state index contributed by atoms with van der Waals surface area (Å²) in [6, 6.07) is -1.68. The van der Waals surface area contributed by atoms with E-state index >= 15 is 0 Å². The van der Waals surface area contributed by atoms with E-state index < -0.39 is 32.4 Å². The first-order valence-corrected chi connectivity index (χ1v) is 6.81. The Morgan fingerprint density at radius 3 is 2.26 bits per heavy atom. The number of rotatable bonds is 5. The Kier molecular flexibility index (Phi) is 7.76. The highest BCUT2D eigenvalue weighted by Gasteiger charge is 2.20. The number of nitrogens with one attached hydrogen (secondary N) is 1. The van der Waals surface area contributed by atoms with Crippen molar-refractivity contribution < 1.29 is 38.7 Å². The number of phosphoric acid groups is 1. The second kappa shape index (κ2) is 8.20. The zero-order valence-electron chi connectivity index (χ0n) is 9.93. The molecule has 1 saturated heterocycles. The van der Waals surface area contributed by atoms with Crippen molar-refractivity contribution in [2.75, 3.05) is 13.2 Å². The maximum Gasteiger partial charge on any atom is 0.469 e. The number of carboxylic acids is 2. The van der Waals surface area contributed by atoms with Crippen LogP contribution in [0.1, 0.15) is 12.8 Å². The Labute approximate surface area is 108 Å². The van der Waals surface area contributed by atoms with E-state index in [0.717, 1.165) is 19.4 Å². The average molecular weight is 300 g/mol. The number of nitrogens with two attached hydrogens (primary N) is 1. The lowest BCUT2D eigenvalue weighted by atomic mass is 10.2. The maximum atomic E-state index is 10.1. The summed E-state index contributed by atoms with van der Waals surface area (Å²) in [4.78, 5) is 36.3. The molecular weight excluding hydrogens is 283 g/mol. The lowest BCUT2D eigenvalue weighted by Gasteiger charge is -2.07. The van der Waals surface area contributed by atoms with Crippen LogP contribution >= 0.6 is 7.82 Å². The van der Waals surface area contributed by atoms with Crippen LogP contribution in [0.25, 0.3) is 0 Å². The van der Waals surface area contributed by atoms with Gasteiger partial charge in [-0.25, -0.2) is 4.57 Å². The Balaban J connectivity index is 0.000000356. The van der Waals surface area contributed by atoms with E-state index in [2.05, 4.69) is 9.84 Å². The summed E-state index contributed by atoms with van der Waals surface area (Å²) >= 11 is 0. The molecule has 7 N–H and O–H groups in total. The molecular formula is C8H17N2O8P. The maximum absolute atomic E-state index is 10.1. The van der Waals surface area contributed by atoms with Crippen LogP contribution in [0.3, 0.4) is 0 Å². The largest absolute Gasteiger partial charge is 0.480 e. The van der Waals surface area contributed by atoms with Gasteiger partial charge in [0.05, 0.1) is 6.61 Å². The molecule has 1 rings (SSSR count). The van der Waals surface area contributed by atoms with Gasteiger partial charge in [0.2, 0.25) is 0 Å². The van der Waals surface area contributed by atoms with Gasteiger partial charge in [0.1, 0.15) is 12.1 Å². The highest BCUT2D eigenvalue weighted by atomic mass is 31.2. The molecule has 112 valence electrons. The van der Waals surface area contributed by atoms with E-state index in [1.807, 2.05) is 0 Å². The van der Waals surface area contributed by atoms with E-state index in [0.29, 0.717) is 0 Å². The molecule has 0 aromatic heterocycles. The number of phosphoric ester groups is 1. The normalized spacial score (nSPS) is 20.3. The highest BCUT2D eigenvalue weighted by Crippen LogP contribution is 2.35. The summed E-state index contributed by atoms with van der Waals surface area (Å²) in [7, 11) is -4.60. The van der Waals surface area contributed by atoms with Gasteiger partial charge in [-0.05, 0) is 19.4 Å². The molecule has 1 aliphatic rings. The fourth-order valence-corrected chi connectivity index (χ4v) is 1.50. The summed E-state index contributed by atoms with van der Waals surface area (Å²) in [5, 5.41) is 19.3. The quantitative estimate of drug-likeness (QED) is 0.321. The summed E-state index contributed by atoms with van der Waals surface area (Å²) in [6.45, 7) is 0.149. The average Bonchev–Trinajstić information content (AvgIpc) is 2.79. The third kappa shape index (κ3) is 9.54. The number of carbonyl (C=O) groups is 2. The van der Waals surface area contributed by atoms with Crippen LogP contribution in [0.2, 0.25) is 0 Å². The summed E-state index contributed by atoms with van der Waals surface area (Å²) in [5.74, 6) is -2.10. The minimum Gasteiger partial charge on any atom is -0.480 e. The Hall–Kier alpha value is -1.03. The third-order valence-electron chi connectivity index (χ3n) is 2.10. The van der Waals surface area contributed by atoms with Gasteiger partial charge < -0.3 is 31.1 Å². The van der Waals surface area contributed by atoms with Crippen molar-refractivity contribution in [1.82, 2.24) is 5.32 Å². The lowest BCUT2D eigenvalue weighted by molar-refractivity contribution is -0.140. The van der Waals surface area contributed by atoms with Crippen LogP contribution in [-0.4, -0.2) is 57.2 Å². The molecule has 11 heteroatoms. The topological polar surface area (TPSA) is 179 Å². The fourth-order valence-electron chi connectivity index (χ4n) is 1.14. The predicted molar refractivity (Wildman–Crippen MR) is 62.3 cm³/mol. The van der Waals surface area contributed by atoms with Crippen molar-refractivity contribution in [2.45, 2.75) is 24.9 Å². The zero-order chi connectivity index (χ0) is 15.1. The summed E-state index contributed by atoms with van der Waals surface area (Å²) < 4.78 is 13.8. The van der Waals surface area contributed by atoms with E-state index in [4.69, 9.17) is 25.7 Å². The van der Waals surface area contributed by atoms with Crippen LogP contribution in [0.4, 0.5) is 0 Å². The van der Waals surface area contributed by atoms with Crippen molar-refractivity contribution in [3.63, 3.8) is 0 Å². The first kappa shape index (κ1) is 18.0. The first-order valence-electron chi connectivity index (χ1n) is 5.28. The lowest BCUT2D eigenvalue weighted by Crippen LogP contribution is -2.34. The van der Waals surface area contributed by atoms with Crippen molar-refractivity contribution in [1.29, 1.82) is 0 Å². The molecule has 0 radical (unpaired) electrons. The second-order valence-corrected chi connectivity index (χ2v) is 4.96. The van der Waals surface area contributed by atoms with Gasteiger partial charge in [0, 0.05) is 0 Å². The number of hydrogen-bond acceptors (Lipinski definition) is 6. The first-order chi connectivity index (χ1) is 8.63. The van der Waals surface area contributed by atoms with E-state index in [1.54, 1.807) is 0 Å². The Morgan fingerprint density at radius 2 is 2.00 bits per heavy atom. The molecule has 0 spiro atoms. The SMILES string of the molecule is N[C@@H](COP(=O)(O)O)C(=O)O.O=C(O)[C@@H]1CCCN1. The molecule has 19 heavy (non-hydrogen) atoms. The van der Waals surface area contributed by atoms with Crippen LogP contribution in [0.5, 0.6) is 0 Å². The van der Waals surface area contributed by atoms with Gasteiger partial charge in [-0.15, -0.1) is 0 Å². The van der Waals surface area contributed by atoms with Gasteiger partial charge in [-0.3, -0.25) is 14.1 Å². The van der Waals surface area contributed by atoms with E-state index in [9.17, 15) is 14.2 Å². The molecule has 1 fully saturated rings. The predicted octanol–water partition coefficient (Wildman–Crippen LogP) is -1.67. The zero-order valence-corrected chi connectivity index (χ0v) is 10.8. The number of aliphatic carboxylic acids is 2. The van der Waals surface area contributed by atoms with Crippen LogP contribution in [0, 0.1) is 0 Å². The molecule has 0 saturated carbocycles. The molecule has 2 atom stereocenters. The fraction of sp³-hybridized carbons (Fsp3) is 0.750. The van der Waals surface area contributed by atoms with Crippen molar-refractivity contribution in [3.8, 4) is 0 Å². The van der Waals surface area contributed by atoms with Crippen molar-refractivity contribution in [3.05, 3.63) is 0 Å². The third-order valence-corrected chi connectivity index (χ3v) is 2.58. The van der Waals surface area contributed by atoms with E-state index in [-0.39, 0.29) is 6.04 Å². The van der Waals surface area contributed by atoms with Gasteiger partial charge in [0.15, 0.2) is 0 Å². The van der Waals surface area contributed by atoms with Crippen LogP contribution < -0.4 is 11.1 Å². The van der Waals surface area contributed by atoms with Gasteiger partial charge in [0.25, 0.3) is 0 Å². The monoisotopic (exact) mass is 300 g/mol. The molecule has 10 nitrogen and oxygen atoms in total. The molecule has 0 unspecified atom stereocenters.